The van der Waals surface area contributed by atoms with Crippen molar-refractivity contribution in [3.8, 4) is 0 Å². The summed E-state index contributed by atoms with van der Waals surface area (Å²) in [6.07, 6.45) is 3.64. The SMILES string of the molecule is CO[C@@H]1CCN(c2ccc(NC(=O)C3CCN(S(C)(=O)=O)CC3)cc2)C1. The van der Waals surface area contributed by atoms with Gasteiger partial charge in [0.25, 0.3) is 0 Å². The second kappa shape index (κ2) is 7.94. The predicted octanol–water partition coefficient (Wildman–Crippen LogP) is 1.52. The monoisotopic (exact) mass is 381 g/mol. The first-order chi connectivity index (χ1) is 12.4. The van der Waals surface area contributed by atoms with Gasteiger partial charge in [-0.05, 0) is 43.5 Å². The standard InChI is InChI=1S/C18H27N3O4S/c1-25-17-9-10-20(13-17)16-5-3-15(4-6-16)19-18(22)14-7-11-21(12-8-14)26(2,23)24/h3-6,14,17H,7-13H2,1-2H3,(H,19,22)/t17-/m1/s1. The summed E-state index contributed by atoms with van der Waals surface area (Å²) in [5.41, 5.74) is 1.90. The molecule has 0 aliphatic carbocycles. The van der Waals surface area contributed by atoms with E-state index in [2.05, 4.69) is 10.2 Å². The topological polar surface area (TPSA) is 79.0 Å². The zero-order chi connectivity index (χ0) is 18.7. The fraction of sp³-hybridized carbons (Fsp3) is 0.611. The summed E-state index contributed by atoms with van der Waals surface area (Å²) in [6, 6.07) is 7.86. The Balaban J connectivity index is 1.52. The molecule has 8 heteroatoms. The van der Waals surface area contributed by atoms with Gasteiger partial charge in [0.2, 0.25) is 15.9 Å². The molecular weight excluding hydrogens is 354 g/mol. The number of rotatable bonds is 5. The number of hydrogen-bond donors (Lipinski definition) is 1. The van der Waals surface area contributed by atoms with Gasteiger partial charge in [-0.1, -0.05) is 0 Å². The van der Waals surface area contributed by atoms with Crippen LogP contribution in [0.4, 0.5) is 11.4 Å². The van der Waals surface area contributed by atoms with Crippen LogP contribution in [0, 0.1) is 5.92 Å². The van der Waals surface area contributed by atoms with Crippen molar-refractivity contribution in [3.05, 3.63) is 24.3 Å². The molecule has 2 fully saturated rings. The smallest absolute Gasteiger partial charge is 0.227 e. The number of nitrogens with zero attached hydrogens (tertiary/aromatic N) is 2. The first-order valence-electron chi connectivity index (χ1n) is 9.00. The molecule has 7 nitrogen and oxygen atoms in total. The van der Waals surface area contributed by atoms with Crippen molar-refractivity contribution in [1.82, 2.24) is 4.31 Å². The molecule has 3 rings (SSSR count). The van der Waals surface area contributed by atoms with E-state index in [1.165, 1.54) is 10.6 Å². The van der Waals surface area contributed by atoms with E-state index in [4.69, 9.17) is 4.74 Å². The third-order valence-corrected chi connectivity index (χ3v) is 6.58. The zero-order valence-corrected chi connectivity index (χ0v) is 16.2. The molecule has 0 bridgehead atoms. The summed E-state index contributed by atoms with van der Waals surface area (Å²) in [5.74, 6) is -0.180. The molecule has 1 atom stereocenters. The normalized spacial score (nSPS) is 22.5. The van der Waals surface area contributed by atoms with Gasteiger partial charge in [-0.2, -0.15) is 0 Å². The Bertz CT molecular complexity index is 727. The minimum Gasteiger partial charge on any atom is -0.380 e. The van der Waals surface area contributed by atoms with Crippen LogP contribution < -0.4 is 10.2 Å². The van der Waals surface area contributed by atoms with Gasteiger partial charge in [0.15, 0.2) is 0 Å². The van der Waals surface area contributed by atoms with E-state index in [1.54, 1.807) is 7.11 Å². The van der Waals surface area contributed by atoms with Crippen LogP contribution in [0.2, 0.25) is 0 Å². The molecule has 1 N–H and O–H groups in total. The Labute approximate surface area is 155 Å². The first kappa shape index (κ1) is 19.1. The first-order valence-corrected chi connectivity index (χ1v) is 10.9. The lowest BCUT2D eigenvalue weighted by atomic mass is 9.97. The molecule has 144 valence electrons. The number of piperidine rings is 1. The zero-order valence-electron chi connectivity index (χ0n) is 15.3. The van der Waals surface area contributed by atoms with Crippen LogP contribution in [0.15, 0.2) is 24.3 Å². The molecule has 26 heavy (non-hydrogen) atoms. The maximum Gasteiger partial charge on any atom is 0.227 e. The maximum atomic E-state index is 12.4. The van der Waals surface area contributed by atoms with Crippen molar-refractivity contribution in [3.63, 3.8) is 0 Å². The van der Waals surface area contributed by atoms with Crippen LogP contribution in [0.3, 0.4) is 0 Å². The van der Waals surface area contributed by atoms with E-state index in [0.717, 1.165) is 30.9 Å². The van der Waals surface area contributed by atoms with Crippen LogP contribution in [0.5, 0.6) is 0 Å². The predicted molar refractivity (Wildman–Crippen MR) is 102 cm³/mol. The van der Waals surface area contributed by atoms with Gasteiger partial charge in [-0.3, -0.25) is 4.79 Å². The van der Waals surface area contributed by atoms with E-state index >= 15 is 0 Å². The van der Waals surface area contributed by atoms with E-state index in [9.17, 15) is 13.2 Å². The quantitative estimate of drug-likeness (QED) is 0.837. The van der Waals surface area contributed by atoms with Gasteiger partial charge < -0.3 is 15.0 Å². The third kappa shape index (κ3) is 4.55. The highest BCUT2D eigenvalue weighted by Crippen LogP contribution is 2.25. The molecule has 1 aromatic rings. The number of hydrogen-bond acceptors (Lipinski definition) is 5. The van der Waals surface area contributed by atoms with Gasteiger partial charge in [0.1, 0.15) is 0 Å². The summed E-state index contributed by atoms with van der Waals surface area (Å²) in [5, 5.41) is 2.95. The minimum atomic E-state index is -3.16. The lowest BCUT2D eigenvalue weighted by Gasteiger charge is -2.29. The summed E-state index contributed by atoms with van der Waals surface area (Å²) in [4.78, 5) is 14.7. The molecule has 2 aliphatic heterocycles. The molecule has 0 radical (unpaired) electrons. The van der Waals surface area contributed by atoms with Crippen LogP contribution in [0.25, 0.3) is 0 Å². The van der Waals surface area contributed by atoms with Gasteiger partial charge in [0, 0.05) is 50.6 Å². The van der Waals surface area contributed by atoms with Gasteiger partial charge >= 0.3 is 0 Å². The molecule has 0 aromatic heterocycles. The molecule has 2 aliphatic rings. The Kier molecular flexibility index (Phi) is 5.84. The Morgan fingerprint density at radius 1 is 1.12 bits per heavy atom. The van der Waals surface area contributed by atoms with Crippen molar-refractivity contribution in [2.24, 2.45) is 5.92 Å². The van der Waals surface area contributed by atoms with E-state index < -0.39 is 10.0 Å². The second-order valence-corrected chi connectivity index (χ2v) is 9.05. The van der Waals surface area contributed by atoms with Crippen molar-refractivity contribution >= 4 is 27.3 Å². The number of anilines is 2. The Hall–Kier alpha value is -1.64. The maximum absolute atomic E-state index is 12.4. The Morgan fingerprint density at radius 2 is 1.77 bits per heavy atom. The highest BCUT2D eigenvalue weighted by molar-refractivity contribution is 7.88. The van der Waals surface area contributed by atoms with Crippen LogP contribution in [0.1, 0.15) is 19.3 Å². The summed E-state index contributed by atoms with van der Waals surface area (Å²) < 4.78 is 29.9. The molecule has 1 amide bonds. The van der Waals surface area contributed by atoms with E-state index in [-0.39, 0.29) is 17.9 Å². The number of sulfonamides is 1. The number of nitrogens with one attached hydrogen (secondary N) is 1. The van der Waals surface area contributed by atoms with Gasteiger partial charge in [-0.25, -0.2) is 12.7 Å². The number of carbonyl (C=O) groups is 1. The van der Waals surface area contributed by atoms with Crippen molar-refractivity contribution in [1.29, 1.82) is 0 Å². The van der Waals surface area contributed by atoms with Crippen LogP contribution >= 0.6 is 0 Å². The molecule has 0 spiro atoms. The summed E-state index contributed by atoms with van der Waals surface area (Å²) in [6.45, 7) is 2.68. The Morgan fingerprint density at radius 3 is 2.31 bits per heavy atom. The summed E-state index contributed by atoms with van der Waals surface area (Å²) in [7, 11) is -1.42. The number of benzene rings is 1. The molecule has 0 saturated carbocycles. The van der Waals surface area contributed by atoms with Crippen molar-refractivity contribution < 1.29 is 17.9 Å². The average Bonchev–Trinajstić information content (AvgIpc) is 3.11. The van der Waals surface area contributed by atoms with Crippen molar-refractivity contribution in [2.45, 2.75) is 25.4 Å². The van der Waals surface area contributed by atoms with Gasteiger partial charge in [-0.15, -0.1) is 0 Å². The van der Waals surface area contributed by atoms with Crippen LogP contribution in [-0.2, 0) is 19.6 Å². The third-order valence-electron chi connectivity index (χ3n) is 5.27. The van der Waals surface area contributed by atoms with Crippen LogP contribution in [-0.4, -0.2) is 64.3 Å². The number of ether oxygens (including phenoxy) is 1. The molecule has 0 unspecified atom stereocenters. The molecule has 2 heterocycles. The number of amides is 1. The summed E-state index contributed by atoms with van der Waals surface area (Å²) >= 11 is 0. The number of methoxy groups -OCH3 is 1. The highest BCUT2D eigenvalue weighted by atomic mass is 32.2. The lowest BCUT2D eigenvalue weighted by Crippen LogP contribution is -2.40. The molecule has 2 saturated heterocycles. The highest BCUT2D eigenvalue weighted by Gasteiger charge is 2.29. The second-order valence-electron chi connectivity index (χ2n) is 7.06. The fourth-order valence-corrected chi connectivity index (χ4v) is 4.48. The fourth-order valence-electron chi connectivity index (χ4n) is 3.60. The van der Waals surface area contributed by atoms with E-state index in [1.807, 2.05) is 24.3 Å². The number of carbonyl (C=O) groups excluding carboxylic acids is 1. The lowest BCUT2D eigenvalue weighted by molar-refractivity contribution is -0.120. The largest absolute Gasteiger partial charge is 0.380 e. The molecular formula is C18H27N3O4S. The van der Waals surface area contributed by atoms with Gasteiger partial charge in [0.05, 0.1) is 12.4 Å². The minimum absolute atomic E-state index is 0.0356. The van der Waals surface area contributed by atoms with E-state index in [0.29, 0.717) is 25.9 Å². The molecule has 1 aromatic carbocycles. The average molecular weight is 381 g/mol. The van der Waals surface area contributed by atoms with Crippen molar-refractivity contribution in [2.75, 3.05) is 49.8 Å².